The highest BCUT2D eigenvalue weighted by atomic mass is 14.7. The van der Waals surface area contributed by atoms with Gasteiger partial charge in [0.2, 0.25) is 0 Å². The average Bonchev–Trinajstić information content (AvgIpc) is 2.05. The lowest BCUT2D eigenvalue weighted by Gasteiger charge is -1.94. The number of aliphatic imine (C=N–C) groups is 1. The predicted octanol–water partition coefficient (Wildman–Crippen LogP) is 2.99. The second-order valence-electron chi connectivity index (χ2n) is 2.34. The predicted molar refractivity (Wildman–Crippen MR) is 52.2 cm³/mol. The summed E-state index contributed by atoms with van der Waals surface area (Å²) in [7, 11) is 1.81. The van der Waals surface area contributed by atoms with Gasteiger partial charge in [0.25, 0.3) is 0 Å². The molecule has 1 heteroatoms. The van der Waals surface area contributed by atoms with E-state index < -0.39 is 0 Å². The molecule has 0 aliphatic rings. The summed E-state index contributed by atoms with van der Waals surface area (Å²) in [6.07, 6.45) is 9.39. The van der Waals surface area contributed by atoms with Crippen molar-refractivity contribution in [3.63, 3.8) is 0 Å². The summed E-state index contributed by atoms with van der Waals surface area (Å²) in [6, 6.07) is 0. The van der Waals surface area contributed by atoms with Crippen LogP contribution in [0.15, 0.2) is 29.8 Å². The van der Waals surface area contributed by atoms with Crippen LogP contribution in [0.2, 0.25) is 0 Å². The first-order valence-corrected chi connectivity index (χ1v) is 4.08. The van der Waals surface area contributed by atoms with Crippen LogP contribution < -0.4 is 0 Å². The van der Waals surface area contributed by atoms with Crippen LogP contribution in [0.1, 0.15) is 26.2 Å². The van der Waals surface area contributed by atoms with E-state index in [2.05, 4.69) is 30.6 Å². The van der Waals surface area contributed by atoms with Crippen LogP contribution in [-0.4, -0.2) is 12.8 Å². The number of rotatable bonds is 5. The van der Waals surface area contributed by atoms with E-state index in [-0.39, 0.29) is 0 Å². The fourth-order valence-electron chi connectivity index (χ4n) is 0.821. The minimum absolute atomic E-state index is 1.01. The molecule has 0 amide bonds. The second kappa shape index (κ2) is 7.26. The Morgan fingerprint density at radius 2 is 2.18 bits per heavy atom. The standard InChI is InChI=1S/C10H17N/c1-4-6-7-8-9-10(5-2)11-3/h5-7H,2,4,8-9H2,1,3H3/b7-6-,11-10-. The Morgan fingerprint density at radius 1 is 1.45 bits per heavy atom. The van der Waals surface area contributed by atoms with Crippen molar-refractivity contribution in [2.24, 2.45) is 4.99 Å². The lowest BCUT2D eigenvalue weighted by atomic mass is 10.2. The zero-order chi connectivity index (χ0) is 8.53. The highest BCUT2D eigenvalue weighted by Gasteiger charge is 1.87. The quantitative estimate of drug-likeness (QED) is 0.423. The third-order valence-corrected chi connectivity index (χ3v) is 1.49. The fourth-order valence-corrected chi connectivity index (χ4v) is 0.821. The minimum atomic E-state index is 1.01. The summed E-state index contributed by atoms with van der Waals surface area (Å²) >= 11 is 0. The highest BCUT2D eigenvalue weighted by molar-refractivity contribution is 5.94. The van der Waals surface area contributed by atoms with E-state index in [1.807, 2.05) is 6.08 Å². The normalized spacial score (nSPS) is 12.4. The van der Waals surface area contributed by atoms with Gasteiger partial charge in [0, 0.05) is 12.8 Å². The maximum atomic E-state index is 4.07. The Hall–Kier alpha value is -0.850. The first kappa shape index (κ1) is 10.2. The van der Waals surface area contributed by atoms with Crippen molar-refractivity contribution >= 4 is 5.71 Å². The van der Waals surface area contributed by atoms with E-state index >= 15 is 0 Å². The Kier molecular flexibility index (Phi) is 6.70. The molecule has 0 bridgehead atoms. The first-order chi connectivity index (χ1) is 5.35. The second-order valence-corrected chi connectivity index (χ2v) is 2.34. The molecule has 0 aliphatic heterocycles. The van der Waals surface area contributed by atoms with Gasteiger partial charge in [0.05, 0.1) is 0 Å². The van der Waals surface area contributed by atoms with E-state index in [0.29, 0.717) is 0 Å². The molecule has 0 fully saturated rings. The maximum Gasteiger partial charge on any atom is 0.0342 e. The van der Waals surface area contributed by atoms with Crippen molar-refractivity contribution in [1.29, 1.82) is 0 Å². The van der Waals surface area contributed by atoms with Gasteiger partial charge in [-0.05, 0) is 25.3 Å². The summed E-state index contributed by atoms with van der Waals surface area (Å²) in [5, 5.41) is 0. The molecular weight excluding hydrogens is 134 g/mol. The van der Waals surface area contributed by atoms with Crippen LogP contribution in [0.25, 0.3) is 0 Å². The van der Waals surface area contributed by atoms with Crippen LogP contribution in [-0.2, 0) is 0 Å². The van der Waals surface area contributed by atoms with E-state index in [4.69, 9.17) is 0 Å². The largest absolute Gasteiger partial charge is 0.293 e. The van der Waals surface area contributed by atoms with Gasteiger partial charge in [-0.2, -0.15) is 0 Å². The maximum absolute atomic E-state index is 4.07. The Morgan fingerprint density at radius 3 is 2.64 bits per heavy atom. The molecule has 0 heterocycles. The van der Waals surface area contributed by atoms with Gasteiger partial charge in [0.15, 0.2) is 0 Å². The van der Waals surface area contributed by atoms with E-state index in [1.165, 1.54) is 0 Å². The summed E-state index contributed by atoms with van der Waals surface area (Å²) < 4.78 is 0. The lowest BCUT2D eigenvalue weighted by Crippen LogP contribution is -1.90. The smallest absolute Gasteiger partial charge is 0.0342 e. The van der Waals surface area contributed by atoms with Gasteiger partial charge in [-0.15, -0.1) is 0 Å². The summed E-state index contributed by atoms with van der Waals surface area (Å²) in [4.78, 5) is 4.07. The number of hydrogen-bond acceptors (Lipinski definition) is 1. The van der Waals surface area contributed by atoms with Crippen LogP contribution in [0.5, 0.6) is 0 Å². The Balaban J connectivity index is 3.52. The van der Waals surface area contributed by atoms with Crippen LogP contribution in [0.3, 0.4) is 0 Å². The Labute approximate surface area is 69.5 Å². The number of nitrogens with zero attached hydrogens (tertiary/aromatic N) is 1. The fraction of sp³-hybridized carbons (Fsp3) is 0.500. The summed E-state index contributed by atoms with van der Waals surface area (Å²) in [5.41, 5.74) is 1.09. The molecule has 0 radical (unpaired) electrons. The monoisotopic (exact) mass is 151 g/mol. The molecule has 0 saturated carbocycles. The molecule has 0 atom stereocenters. The highest BCUT2D eigenvalue weighted by Crippen LogP contribution is 1.96. The zero-order valence-corrected chi connectivity index (χ0v) is 7.51. The van der Waals surface area contributed by atoms with Gasteiger partial charge in [-0.1, -0.05) is 25.7 Å². The first-order valence-electron chi connectivity index (χ1n) is 4.08. The number of allylic oxidation sites excluding steroid dienone is 3. The lowest BCUT2D eigenvalue weighted by molar-refractivity contribution is 1.07. The molecule has 0 N–H and O–H groups in total. The third-order valence-electron chi connectivity index (χ3n) is 1.49. The van der Waals surface area contributed by atoms with Gasteiger partial charge in [-0.25, -0.2) is 0 Å². The molecule has 0 aromatic carbocycles. The minimum Gasteiger partial charge on any atom is -0.293 e. The molecule has 0 rings (SSSR count). The van der Waals surface area contributed by atoms with Crippen LogP contribution in [0, 0.1) is 0 Å². The van der Waals surface area contributed by atoms with Crippen molar-refractivity contribution in [3.8, 4) is 0 Å². The molecule has 0 spiro atoms. The molecule has 0 aliphatic carbocycles. The van der Waals surface area contributed by atoms with Gasteiger partial charge < -0.3 is 0 Å². The Bertz CT molecular complexity index is 154. The van der Waals surface area contributed by atoms with E-state index in [0.717, 1.165) is 25.0 Å². The molecular formula is C10H17N. The number of hydrogen-bond donors (Lipinski definition) is 0. The van der Waals surface area contributed by atoms with Crippen molar-refractivity contribution in [2.45, 2.75) is 26.2 Å². The third kappa shape index (κ3) is 5.59. The van der Waals surface area contributed by atoms with Crippen molar-refractivity contribution in [1.82, 2.24) is 0 Å². The van der Waals surface area contributed by atoms with E-state index in [9.17, 15) is 0 Å². The summed E-state index contributed by atoms with van der Waals surface area (Å²) in [5.74, 6) is 0. The molecule has 62 valence electrons. The van der Waals surface area contributed by atoms with Crippen LogP contribution >= 0.6 is 0 Å². The van der Waals surface area contributed by atoms with Crippen molar-refractivity contribution in [3.05, 3.63) is 24.8 Å². The molecule has 0 unspecified atom stereocenters. The topological polar surface area (TPSA) is 12.4 Å². The van der Waals surface area contributed by atoms with Crippen LogP contribution in [0.4, 0.5) is 0 Å². The SMILES string of the molecule is C=C/C(CC/C=C\CC)=N/C. The molecule has 0 aromatic heterocycles. The van der Waals surface area contributed by atoms with Gasteiger partial charge in [-0.3, -0.25) is 4.99 Å². The van der Waals surface area contributed by atoms with E-state index in [1.54, 1.807) is 7.05 Å². The van der Waals surface area contributed by atoms with Gasteiger partial charge in [0.1, 0.15) is 0 Å². The molecule has 1 nitrogen and oxygen atoms in total. The summed E-state index contributed by atoms with van der Waals surface area (Å²) in [6.45, 7) is 5.81. The zero-order valence-electron chi connectivity index (χ0n) is 7.51. The molecule has 11 heavy (non-hydrogen) atoms. The molecule has 0 saturated heterocycles. The van der Waals surface area contributed by atoms with Crippen molar-refractivity contribution < 1.29 is 0 Å². The molecule has 0 aromatic rings. The average molecular weight is 151 g/mol. The van der Waals surface area contributed by atoms with Gasteiger partial charge >= 0.3 is 0 Å². The van der Waals surface area contributed by atoms with Crippen molar-refractivity contribution in [2.75, 3.05) is 7.05 Å².